The summed E-state index contributed by atoms with van der Waals surface area (Å²) >= 11 is 0. The molecule has 5 aromatic carbocycles. The first-order valence-electron chi connectivity index (χ1n) is 34.5. The van der Waals surface area contributed by atoms with Crippen molar-refractivity contribution in [2.24, 2.45) is 53.0 Å². The Balaban J connectivity index is 0.000000186. The van der Waals surface area contributed by atoms with Crippen LogP contribution in [-0.4, -0.2) is 0 Å². The zero-order valence-electron chi connectivity index (χ0n) is 62.9. The Morgan fingerprint density at radius 3 is 1.01 bits per heavy atom. The average molecular weight is 1180 g/mol. The lowest BCUT2D eigenvalue weighted by atomic mass is 9.99. The highest BCUT2D eigenvalue weighted by atomic mass is 14.9. The normalized spacial score (nSPS) is 12.3. The van der Waals surface area contributed by atoms with Crippen molar-refractivity contribution in [1.29, 1.82) is 0 Å². The number of hydrogen-bond acceptors (Lipinski definition) is 0. The SMILES string of the molecule is CCc1c[n+](C)c(-c2ccccc2C)cc1C.Cc1ccccc1-c1cc(CC(C)C)cc[n+]1C.[2H]C([2H])(C)c1c[n+](C)c(-c2ccccc2C)cc1C.[2H]C([2H])(c1cc[n+](C)c(-c2ccccc2C)c1)C(C)C.[2H]C([2H])(c1ccc(-c2ccccc2C)[n+](C)c1)C(C)C. The van der Waals surface area contributed by atoms with Gasteiger partial charge in [-0.1, -0.05) is 146 Å². The lowest BCUT2D eigenvalue weighted by Crippen LogP contribution is -2.32. The van der Waals surface area contributed by atoms with E-state index in [0.717, 1.165) is 57.7 Å². The van der Waals surface area contributed by atoms with E-state index in [1.54, 1.807) is 6.92 Å². The Labute approximate surface area is 541 Å². The molecule has 10 aromatic rings. The summed E-state index contributed by atoms with van der Waals surface area (Å²) in [6.45, 7) is 30.8. The largest absolute Gasteiger partial charge is 0.212 e. The molecule has 0 atom stereocenters. The van der Waals surface area contributed by atoms with Crippen molar-refractivity contribution in [2.75, 3.05) is 0 Å². The Morgan fingerprint density at radius 2 is 0.648 bits per heavy atom. The lowest BCUT2D eigenvalue weighted by Gasteiger charge is -2.08. The molecule has 0 aliphatic heterocycles. The minimum atomic E-state index is -1.31. The van der Waals surface area contributed by atoms with Gasteiger partial charge in [-0.25, -0.2) is 22.8 Å². The predicted octanol–water partition coefficient (Wildman–Crippen LogP) is 17.8. The van der Waals surface area contributed by atoms with Crippen molar-refractivity contribution in [3.8, 4) is 56.3 Å². The summed E-state index contributed by atoms with van der Waals surface area (Å²) < 4.78 is 59.2. The Morgan fingerprint density at radius 1 is 0.318 bits per heavy atom. The molecular formula is C83H106N5+5. The number of aromatic nitrogens is 5. The average Bonchev–Trinajstić information content (AvgIpc) is 0.839. The van der Waals surface area contributed by atoms with E-state index in [1.807, 2.05) is 149 Å². The van der Waals surface area contributed by atoms with Gasteiger partial charge < -0.3 is 0 Å². The lowest BCUT2D eigenvalue weighted by molar-refractivity contribution is -0.661. The molecule has 0 unspecified atom stereocenters. The highest BCUT2D eigenvalue weighted by Crippen LogP contribution is 2.26. The number of pyridine rings is 5. The van der Waals surface area contributed by atoms with Crippen LogP contribution in [0, 0.1) is 66.2 Å². The van der Waals surface area contributed by atoms with Gasteiger partial charge in [0.15, 0.2) is 31.0 Å². The van der Waals surface area contributed by atoms with Gasteiger partial charge in [-0.05, 0) is 185 Å². The van der Waals surface area contributed by atoms with E-state index in [1.165, 1.54) is 78.1 Å². The molecule has 88 heavy (non-hydrogen) atoms. The first kappa shape index (κ1) is 60.1. The van der Waals surface area contributed by atoms with Crippen LogP contribution in [0.5, 0.6) is 0 Å². The third-order valence-corrected chi connectivity index (χ3v) is 15.9. The first-order chi connectivity index (χ1) is 44.2. The minimum absolute atomic E-state index is 0.0492. The highest BCUT2D eigenvalue weighted by Gasteiger charge is 2.19. The second-order valence-corrected chi connectivity index (χ2v) is 24.6. The molecule has 0 saturated heterocycles. The van der Waals surface area contributed by atoms with Crippen LogP contribution < -0.4 is 22.8 Å². The molecule has 0 bridgehead atoms. The van der Waals surface area contributed by atoms with Gasteiger partial charge in [0.05, 0.1) is 0 Å². The van der Waals surface area contributed by atoms with Gasteiger partial charge >= 0.3 is 0 Å². The molecule has 0 saturated carbocycles. The molecule has 0 N–H and O–H groups in total. The zero-order chi connectivity index (χ0) is 69.6. The summed E-state index contributed by atoms with van der Waals surface area (Å²) in [5.41, 5.74) is 25.7. The van der Waals surface area contributed by atoms with Crippen LogP contribution in [-0.2, 0) is 67.2 Å². The van der Waals surface area contributed by atoms with Crippen molar-refractivity contribution >= 4 is 0 Å². The summed E-state index contributed by atoms with van der Waals surface area (Å²) in [6.07, 6.45) is 8.46. The fourth-order valence-electron chi connectivity index (χ4n) is 11.1. The first-order valence-corrected chi connectivity index (χ1v) is 31.5. The number of benzene rings is 5. The van der Waals surface area contributed by atoms with Crippen LogP contribution in [0.4, 0.5) is 0 Å². The van der Waals surface area contributed by atoms with Crippen LogP contribution in [0.2, 0.25) is 0 Å². The monoisotopic (exact) mass is 1180 g/mol. The molecule has 0 amide bonds. The third-order valence-electron chi connectivity index (χ3n) is 15.9. The van der Waals surface area contributed by atoms with Gasteiger partial charge in [0.1, 0.15) is 35.2 Å². The summed E-state index contributed by atoms with van der Waals surface area (Å²) in [7, 11) is 10.2. The third kappa shape index (κ3) is 19.4. The maximum Gasteiger partial charge on any atom is 0.212 e. The molecule has 0 spiro atoms. The molecule has 0 fully saturated rings. The molecule has 5 nitrogen and oxygen atoms in total. The smallest absolute Gasteiger partial charge is 0.201 e. The standard InChI is InChI=1S/3C17H22N.2C16H20N/c2*1-13(2)11-15-9-10-18(4)17(12-15)16-8-6-5-7-14(16)3;1-13(2)11-15-9-10-17(18(4)12-15)16-8-6-5-7-14(16)3;2*1-5-14-11-17(4)16(10-13(14)3)15-9-7-6-8-12(15)2/h3*5-10,12-13H,11H2,1-4H3;2*6-11H,5H2,1-4H3/q5*+1/i11D2;;11D2;5D2;. The van der Waals surface area contributed by atoms with Gasteiger partial charge in [0.2, 0.25) is 28.5 Å². The summed E-state index contributed by atoms with van der Waals surface area (Å²) in [5.74, 6) is 0.592. The fourth-order valence-corrected chi connectivity index (χ4v) is 11.1. The zero-order valence-corrected chi connectivity index (χ0v) is 56.9. The quantitative estimate of drug-likeness (QED) is 0.103. The molecule has 0 aliphatic rings. The van der Waals surface area contributed by atoms with Gasteiger partial charge in [0, 0.05) is 95.2 Å². The van der Waals surface area contributed by atoms with Gasteiger partial charge in [-0.3, -0.25) is 0 Å². The van der Waals surface area contributed by atoms with Crippen LogP contribution in [0.15, 0.2) is 201 Å². The van der Waals surface area contributed by atoms with E-state index in [4.69, 9.17) is 8.22 Å². The van der Waals surface area contributed by atoms with Crippen molar-refractivity contribution in [3.63, 3.8) is 0 Å². The van der Waals surface area contributed by atoms with Crippen molar-refractivity contribution < 1.29 is 31.1 Å². The van der Waals surface area contributed by atoms with Crippen molar-refractivity contribution in [2.45, 2.75) is 136 Å². The van der Waals surface area contributed by atoms with Crippen LogP contribution in [0.1, 0.15) is 130 Å². The van der Waals surface area contributed by atoms with Crippen LogP contribution in [0.3, 0.4) is 0 Å². The Hall–Kier alpha value is -8.15. The molecule has 5 heteroatoms. The molecule has 458 valence electrons. The van der Waals surface area contributed by atoms with Crippen LogP contribution in [0.25, 0.3) is 56.3 Å². The van der Waals surface area contributed by atoms with E-state index in [2.05, 4.69) is 207 Å². The second-order valence-electron chi connectivity index (χ2n) is 24.6. The number of hydrogen-bond donors (Lipinski definition) is 0. The topological polar surface area (TPSA) is 19.4 Å². The molecule has 0 aliphatic carbocycles. The van der Waals surface area contributed by atoms with E-state index < -0.39 is 19.1 Å². The minimum Gasteiger partial charge on any atom is -0.201 e. The molecule has 0 radical (unpaired) electrons. The van der Waals surface area contributed by atoms with Gasteiger partial charge in [-0.15, -0.1) is 0 Å². The van der Waals surface area contributed by atoms with E-state index in [-0.39, 0.29) is 11.8 Å². The van der Waals surface area contributed by atoms with Crippen LogP contribution >= 0.6 is 0 Å². The van der Waals surface area contributed by atoms with Gasteiger partial charge in [-0.2, -0.15) is 0 Å². The molecule has 10 rings (SSSR count). The number of nitrogens with zero attached hydrogens (tertiary/aromatic N) is 5. The fraction of sp³-hybridized carbons (Fsp3) is 0.337. The highest BCUT2D eigenvalue weighted by molar-refractivity contribution is 5.65. The Bertz CT molecular complexity index is 4180. The van der Waals surface area contributed by atoms with E-state index in [9.17, 15) is 0 Å². The summed E-state index contributed by atoms with van der Waals surface area (Å²) in [5, 5.41) is 0. The van der Waals surface area contributed by atoms with E-state index >= 15 is 0 Å². The van der Waals surface area contributed by atoms with Gasteiger partial charge in [0.25, 0.3) is 0 Å². The van der Waals surface area contributed by atoms with Crippen molar-refractivity contribution in [1.82, 2.24) is 0 Å². The summed E-state index contributed by atoms with van der Waals surface area (Å²) in [6, 6.07) is 58.5. The second kappa shape index (κ2) is 33.3. The summed E-state index contributed by atoms with van der Waals surface area (Å²) in [4.78, 5) is 0. The predicted molar refractivity (Wildman–Crippen MR) is 373 cm³/mol. The number of aryl methyl sites for hydroxylation is 14. The van der Waals surface area contributed by atoms with Crippen molar-refractivity contribution in [3.05, 3.63) is 268 Å². The number of rotatable bonds is 13. The molecular weight excluding hydrogens is 1070 g/mol. The molecule has 5 aromatic heterocycles. The Kier molecular flexibility index (Phi) is 22.7. The molecule has 5 heterocycles. The maximum absolute atomic E-state index is 8.26. The van der Waals surface area contributed by atoms with E-state index in [0.29, 0.717) is 5.92 Å². The maximum atomic E-state index is 8.26.